The highest BCUT2D eigenvalue weighted by atomic mass is 16.6. The van der Waals surface area contributed by atoms with Crippen molar-refractivity contribution in [2.24, 2.45) is 5.73 Å². The Labute approximate surface area is 79.6 Å². The first-order valence-corrected chi connectivity index (χ1v) is 4.82. The molecule has 74 valence electrons. The molecule has 1 fully saturated rings. The van der Waals surface area contributed by atoms with Crippen LogP contribution in [0.1, 0.15) is 26.7 Å². The predicted octanol–water partition coefficient (Wildman–Crippen LogP) is 1.48. The monoisotopic (exact) mass is 182 g/mol. The minimum Gasteiger partial charge on any atom is -0.397 e. The lowest BCUT2D eigenvalue weighted by molar-refractivity contribution is 0.386. The molecule has 13 heavy (non-hydrogen) atoms. The summed E-state index contributed by atoms with van der Waals surface area (Å²) in [5, 5.41) is 3.22. The maximum Gasteiger partial charge on any atom is 0.151 e. The van der Waals surface area contributed by atoms with E-state index in [1.165, 1.54) is 0 Å². The van der Waals surface area contributed by atoms with Crippen molar-refractivity contribution in [1.29, 1.82) is 0 Å². The van der Waals surface area contributed by atoms with Gasteiger partial charge in [-0.2, -0.15) is 0 Å². The maximum atomic E-state index is 5.87. The molecule has 1 aliphatic heterocycles. The summed E-state index contributed by atoms with van der Waals surface area (Å²) in [5.41, 5.74) is 7.69. The number of hydrogen-bond acceptors (Lipinski definition) is 3. The Morgan fingerprint density at radius 3 is 2.54 bits per heavy atom. The third-order valence-corrected chi connectivity index (χ3v) is 1.79. The van der Waals surface area contributed by atoms with Gasteiger partial charge in [-0.25, -0.2) is 0 Å². The summed E-state index contributed by atoms with van der Waals surface area (Å²) in [6.07, 6.45) is 6.22. The first-order chi connectivity index (χ1) is 6.27. The molecule has 1 aliphatic rings. The molecule has 1 saturated heterocycles. The molecule has 0 bridgehead atoms. The van der Waals surface area contributed by atoms with Gasteiger partial charge in [0.2, 0.25) is 0 Å². The van der Waals surface area contributed by atoms with E-state index in [0.717, 1.165) is 30.8 Å². The average molecular weight is 182 g/mol. The Morgan fingerprint density at radius 1 is 1.46 bits per heavy atom. The Kier molecular flexibility index (Phi) is 3.83. The maximum absolute atomic E-state index is 5.87. The quantitative estimate of drug-likeness (QED) is 0.500. The highest BCUT2D eigenvalue weighted by molar-refractivity contribution is 5.26. The third-order valence-electron chi connectivity index (χ3n) is 1.79. The second-order valence-corrected chi connectivity index (χ2v) is 3.06. The lowest BCUT2D eigenvalue weighted by Crippen LogP contribution is -2.21. The molecule has 3 N–H and O–H groups in total. The van der Waals surface area contributed by atoms with Gasteiger partial charge in [-0.05, 0) is 12.8 Å². The number of hydrogen-bond donors (Lipinski definition) is 2. The van der Waals surface area contributed by atoms with Crippen molar-refractivity contribution in [3.8, 4) is 0 Å². The van der Waals surface area contributed by atoms with Gasteiger partial charge in [-0.3, -0.25) is 0 Å². The van der Waals surface area contributed by atoms with E-state index in [4.69, 9.17) is 10.5 Å². The van der Waals surface area contributed by atoms with Crippen molar-refractivity contribution in [3.05, 3.63) is 23.5 Å². The highest BCUT2D eigenvalue weighted by Crippen LogP contribution is 2.11. The summed E-state index contributed by atoms with van der Waals surface area (Å²) in [7, 11) is 0. The first kappa shape index (κ1) is 10.1. The van der Waals surface area contributed by atoms with Crippen molar-refractivity contribution in [1.82, 2.24) is 5.32 Å². The molecular weight excluding hydrogens is 164 g/mol. The first-order valence-electron chi connectivity index (χ1n) is 4.82. The molecule has 0 unspecified atom stereocenters. The molecule has 0 amide bonds. The van der Waals surface area contributed by atoms with E-state index in [1.54, 1.807) is 0 Å². The van der Waals surface area contributed by atoms with Crippen LogP contribution < -0.4 is 11.1 Å². The van der Waals surface area contributed by atoms with Gasteiger partial charge in [0.25, 0.3) is 0 Å². The molecule has 0 aliphatic carbocycles. The average Bonchev–Trinajstić information content (AvgIpc) is 2.88. The lowest BCUT2D eigenvalue weighted by Gasteiger charge is -2.08. The van der Waals surface area contributed by atoms with Gasteiger partial charge in [-0.1, -0.05) is 26.0 Å². The topological polar surface area (TPSA) is 50.6 Å². The Hall–Kier alpha value is -0.960. The second kappa shape index (κ2) is 4.92. The summed E-state index contributed by atoms with van der Waals surface area (Å²) in [5.74, 6) is 0. The largest absolute Gasteiger partial charge is 0.397 e. The zero-order chi connectivity index (χ0) is 9.68. The summed E-state index contributed by atoms with van der Waals surface area (Å²) < 4.78 is 5.08. The van der Waals surface area contributed by atoms with Gasteiger partial charge in [0.05, 0.1) is 18.0 Å². The van der Waals surface area contributed by atoms with E-state index in [9.17, 15) is 0 Å². The fourth-order valence-corrected chi connectivity index (χ4v) is 1.10. The summed E-state index contributed by atoms with van der Waals surface area (Å²) >= 11 is 0. The Balaban J connectivity index is 2.54. The number of epoxide rings is 1. The molecule has 1 rings (SSSR count). The highest BCUT2D eigenvalue weighted by Gasteiger charge is 2.22. The zero-order valence-corrected chi connectivity index (χ0v) is 8.34. The van der Waals surface area contributed by atoms with Crippen LogP contribution in [0.15, 0.2) is 23.5 Å². The SMILES string of the molecule is CC/C=C(N)\C(=C/CC)N[C@H]1CO1. The predicted molar refractivity (Wildman–Crippen MR) is 53.8 cm³/mol. The smallest absolute Gasteiger partial charge is 0.151 e. The van der Waals surface area contributed by atoms with E-state index >= 15 is 0 Å². The van der Waals surface area contributed by atoms with Gasteiger partial charge in [0, 0.05) is 0 Å². The molecule has 0 radical (unpaired) electrons. The van der Waals surface area contributed by atoms with Crippen LogP contribution in [-0.2, 0) is 4.74 Å². The standard InChI is InChI=1S/C10H18N2O/c1-3-5-8(11)9(6-4-2)12-10-7-13-10/h5-6,10,12H,3-4,7,11H2,1-2H3/b8-5+,9-6+/t10-/m1/s1. The van der Waals surface area contributed by atoms with Crippen LogP contribution in [0.25, 0.3) is 0 Å². The third kappa shape index (κ3) is 3.51. The molecule has 1 atom stereocenters. The molecule has 3 nitrogen and oxygen atoms in total. The number of rotatable bonds is 5. The zero-order valence-electron chi connectivity index (χ0n) is 8.34. The lowest BCUT2D eigenvalue weighted by atomic mass is 10.2. The van der Waals surface area contributed by atoms with Crippen LogP contribution >= 0.6 is 0 Å². The van der Waals surface area contributed by atoms with Gasteiger partial charge in [0.1, 0.15) is 0 Å². The molecule has 3 heteroatoms. The minimum absolute atomic E-state index is 0.182. The summed E-state index contributed by atoms with van der Waals surface area (Å²) in [6.45, 7) is 4.96. The van der Waals surface area contributed by atoms with Crippen LogP contribution in [0, 0.1) is 0 Å². The van der Waals surface area contributed by atoms with E-state index in [-0.39, 0.29) is 6.23 Å². The van der Waals surface area contributed by atoms with Crippen LogP contribution in [0.4, 0.5) is 0 Å². The number of allylic oxidation sites excluding steroid dienone is 2. The van der Waals surface area contributed by atoms with Crippen molar-refractivity contribution >= 4 is 0 Å². The van der Waals surface area contributed by atoms with Crippen molar-refractivity contribution < 1.29 is 4.74 Å². The van der Waals surface area contributed by atoms with E-state index in [2.05, 4.69) is 25.2 Å². The fraction of sp³-hybridized carbons (Fsp3) is 0.600. The minimum atomic E-state index is 0.182. The van der Waals surface area contributed by atoms with Crippen LogP contribution in [0.5, 0.6) is 0 Å². The van der Waals surface area contributed by atoms with E-state index in [0.29, 0.717) is 0 Å². The normalized spacial score (nSPS) is 23.1. The number of nitrogens with two attached hydrogens (primary N) is 1. The summed E-state index contributed by atoms with van der Waals surface area (Å²) in [6, 6.07) is 0. The molecular formula is C10H18N2O. The van der Waals surface area contributed by atoms with Gasteiger partial charge < -0.3 is 15.8 Å². The van der Waals surface area contributed by atoms with Crippen LogP contribution in [-0.4, -0.2) is 12.8 Å². The molecule has 0 spiro atoms. The Bertz CT molecular complexity index is 217. The molecule has 0 saturated carbocycles. The number of nitrogens with one attached hydrogen (secondary N) is 1. The second-order valence-electron chi connectivity index (χ2n) is 3.06. The van der Waals surface area contributed by atoms with Crippen LogP contribution in [0.2, 0.25) is 0 Å². The molecule has 1 heterocycles. The van der Waals surface area contributed by atoms with Crippen LogP contribution in [0.3, 0.4) is 0 Å². The van der Waals surface area contributed by atoms with Crippen molar-refractivity contribution in [3.63, 3.8) is 0 Å². The van der Waals surface area contributed by atoms with Gasteiger partial charge in [-0.15, -0.1) is 0 Å². The molecule has 0 aromatic carbocycles. The fourth-order valence-electron chi connectivity index (χ4n) is 1.10. The number of ether oxygens (including phenoxy) is 1. The van der Waals surface area contributed by atoms with Gasteiger partial charge >= 0.3 is 0 Å². The van der Waals surface area contributed by atoms with Crippen molar-refractivity contribution in [2.75, 3.05) is 6.61 Å². The van der Waals surface area contributed by atoms with Crippen molar-refractivity contribution in [2.45, 2.75) is 32.9 Å². The molecule has 0 aromatic heterocycles. The van der Waals surface area contributed by atoms with E-state index < -0.39 is 0 Å². The summed E-state index contributed by atoms with van der Waals surface area (Å²) in [4.78, 5) is 0. The van der Waals surface area contributed by atoms with Gasteiger partial charge in [0.15, 0.2) is 6.23 Å². The van der Waals surface area contributed by atoms with E-state index in [1.807, 2.05) is 6.08 Å². The Morgan fingerprint density at radius 2 is 2.08 bits per heavy atom. The molecule has 0 aromatic rings.